The van der Waals surface area contributed by atoms with E-state index in [9.17, 15) is 0 Å². The Morgan fingerprint density at radius 2 is 2.04 bits per heavy atom. The van der Waals surface area contributed by atoms with E-state index < -0.39 is 0 Å². The second-order valence-electron chi connectivity index (χ2n) is 5.61. The summed E-state index contributed by atoms with van der Waals surface area (Å²) in [6.45, 7) is 1.90. The van der Waals surface area contributed by atoms with Gasteiger partial charge in [-0.25, -0.2) is 15.0 Å². The Morgan fingerprint density at radius 3 is 2.77 bits per heavy atom. The minimum Gasteiger partial charge on any atom is -0.480 e. The molecule has 0 unspecified atom stereocenters. The number of nitrogen functional groups attached to an aromatic ring is 1. The maximum atomic E-state index is 6.47. The van der Waals surface area contributed by atoms with E-state index in [0.29, 0.717) is 33.4 Å². The smallest absolute Gasteiger partial charge is 0.226 e. The number of halogens is 1. The van der Waals surface area contributed by atoms with E-state index in [2.05, 4.69) is 19.9 Å². The number of furan rings is 1. The average Bonchev–Trinajstić information content (AvgIpc) is 3.16. The monoisotopic (exact) mass is 367 g/mol. The number of nitrogens with zero attached hydrogens (tertiary/aromatic N) is 4. The molecule has 0 bridgehead atoms. The molecule has 7 nitrogen and oxygen atoms in total. The van der Waals surface area contributed by atoms with Crippen molar-refractivity contribution < 1.29 is 9.15 Å². The van der Waals surface area contributed by atoms with Crippen molar-refractivity contribution in [3.05, 3.63) is 47.6 Å². The molecule has 0 atom stereocenters. The summed E-state index contributed by atoms with van der Waals surface area (Å²) in [4.78, 5) is 17.1. The molecule has 0 radical (unpaired) electrons. The predicted octanol–water partition coefficient (Wildman–Crippen LogP) is 3.90. The van der Waals surface area contributed by atoms with Crippen LogP contribution in [0.4, 0.5) is 5.95 Å². The molecule has 0 fully saturated rings. The number of benzene rings is 1. The normalized spacial score (nSPS) is 11.0. The van der Waals surface area contributed by atoms with Gasteiger partial charge in [-0.2, -0.15) is 4.98 Å². The van der Waals surface area contributed by atoms with Crippen molar-refractivity contribution in [2.24, 2.45) is 0 Å². The molecule has 0 aliphatic heterocycles. The lowest BCUT2D eigenvalue weighted by molar-refractivity contribution is 0.399. The van der Waals surface area contributed by atoms with Crippen molar-refractivity contribution >= 4 is 28.5 Å². The molecule has 26 heavy (non-hydrogen) atoms. The second-order valence-corrected chi connectivity index (χ2v) is 6.01. The van der Waals surface area contributed by atoms with Crippen LogP contribution in [0.25, 0.3) is 33.5 Å². The number of methoxy groups -OCH3 is 1. The summed E-state index contributed by atoms with van der Waals surface area (Å²) < 4.78 is 11.0. The van der Waals surface area contributed by atoms with Crippen LogP contribution in [-0.4, -0.2) is 27.0 Å². The zero-order chi connectivity index (χ0) is 18.3. The molecule has 1 aromatic carbocycles. The molecule has 3 heterocycles. The molecule has 130 valence electrons. The maximum Gasteiger partial charge on any atom is 0.226 e. The molecular weight excluding hydrogens is 354 g/mol. The largest absolute Gasteiger partial charge is 0.480 e. The standard InChI is InChI=1S/C18H14ClN5O2/c1-9-11-6-10(7-12(19)15(11)22-8-21-9)14-16(13-4-3-5-26-13)23-18(20)24-17(14)25-2/h3-8H,1-2H3,(H2,20,23,24). The van der Waals surface area contributed by atoms with Gasteiger partial charge in [0, 0.05) is 11.1 Å². The van der Waals surface area contributed by atoms with Crippen molar-refractivity contribution in [2.75, 3.05) is 12.8 Å². The minimum absolute atomic E-state index is 0.0865. The van der Waals surface area contributed by atoms with Crippen LogP contribution in [0.5, 0.6) is 5.88 Å². The van der Waals surface area contributed by atoms with Crippen molar-refractivity contribution in [3.8, 4) is 28.5 Å². The summed E-state index contributed by atoms with van der Waals surface area (Å²) in [7, 11) is 1.52. The lowest BCUT2D eigenvalue weighted by atomic mass is 10.0. The Balaban J connectivity index is 2.07. The number of fused-ring (bicyclic) bond motifs is 1. The molecule has 0 aliphatic rings. The van der Waals surface area contributed by atoms with Crippen molar-refractivity contribution in [2.45, 2.75) is 6.92 Å². The highest BCUT2D eigenvalue weighted by Crippen LogP contribution is 2.40. The summed E-state index contributed by atoms with van der Waals surface area (Å²) in [5, 5.41) is 1.33. The highest BCUT2D eigenvalue weighted by Gasteiger charge is 2.21. The summed E-state index contributed by atoms with van der Waals surface area (Å²) >= 11 is 6.47. The van der Waals surface area contributed by atoms with Gasteiger partial charge >= 0.3 is 0 Å². The third kappa shape index (κ3) is 2.62. The summed E-state index contributed by atoms with van der Waals surface area (Å²) in [5.41, 5.74) is 9.23. The number of ether oxygens (including phenoxy) is 1. The van der Waals surface area contributed by atoms with E-state index in [1.54, 1.807) is 24.5 Å². The predicted molar refractivity (Wildman–Crippen MR) is 99.0 cm³/mol. The lowest BCUT2D eigenvalue weighted by Gasteiger charge is -2.13. The van der Waals surface area contributed by atoms with E-state index >= 15 is 0 Å². The van der Waals surface area contributed by atoms with E-state index in [1.807, 2.05) is 13.0 Å². The average molecular weight is 368 g/mol. The van der Waals surface area contributed by atoms with Crippen LogP contribution in [0.2, 0.25) is 5.02 Å². The van der Waals surface area contributed by atoms with Gasteiger partial charge in [0.25, 0.3) is 0 Å². The molecule has 0 spiro atoms. The first-order chi connectivity index (χ1) is 12.6. The van der Waals surface area contributed by atoms with Crippen LogP contribution in [0.15, 0.2) is 41.3 Å². The molecule has 8 heteroatoms. The number of hydrogen-bond acceptors (Lipinski definition) is 7. The van der Waals surface area contributed by atoms with Crippen molar-refractivity contribution in [1.82, 2.24) is 19.9 Å². The van der Waals surface area contributed by atoms with Gasteiger partial charge in [0.05, 0.1) is 29.5 Å². The Labute approximate surface area is 153 Å². The van der Waals surface area contributed by atoms with E-state index in [1.165, 1.54) is 13.4 Å². The minimum atomic E-state index is 0.0865. The zero-order valence-corrected chi connectivity index (χ0v) is 14.8. The molecule has 2 N–H and O–H groups in total. The third-order valence-corrected chi connectivity index (χ3v) is 4.31. The summed E-state index contributed by atoms with van der Waals surface area (Å²) in [6, 6.07) is 7.29. The molecular formula is C18H14ClN5O2. The van der Waals surface area contributed by atoms with Crippen LogP contribution in [0, 0.1) is 6.92 Å². The highest BCUT2D eigenvalue weighted by molar-refractivity contribution is 6.35. The fourth-order valence-corrected chi connectivity index (χ4v) is 3.12. The fraction of sp³-hybridized carbons (Fsp3) is 0.111. The Bertz CT molecular complexity index is 1110. The van der Waals surface area contributed by atoms with Crippen LogP contribution in [0.1, 0.15) is 5.69 Å². The van der Waals surface area contributed by atoms with Gasteiger partial charge in [0.1, 0.15) is 12.0 Å². The maximum absolute atomic E-state index is 6.47. The SMILES string of the molecule is COc1nc(N)nc(-c2ccco2)c1-c1cc(Cl)c2ncnc(C)c2c1. The first-order valence-electron chi connectivity index (χ1n) is 7.75. The number of nitrogens with two attached hydrogens (primary N) is 1. The van der Waals surface area contributed by atoms with Crippen molar-refractivity contribution in [3.63, 3.8) is 0 Å². The number of aryl methyl sites for hydroxylation is 1. The molecule has 3 aromatic heterocycles. The van der Waals surface area contributed by atoms with E-state index in [-0.39, 0.29) is 5.95 Å². The Kier molecular flexibility index (Phi) is 3.93. The number of rotatable bonds is 3. The first kappa shape index (κ1) is 16.3. The zero-order valence-electron chi connectivity index (χ0n) is 14.0. The van der Waals surface area contributed by atoms with Gasteiger partial charge in [-0.05, 0) is 36.8 Å². The molecule has 4 rings (SSSR count). The lowest BCUT2D eigenvalue weighted by Crippen LogP contribution is -2.03. The van der Waals surface area contributed by atoms with Gasteiger partial charge in [-0.1, -0.05) is 11.6 Å². The fourth-order valence-electron chi connectivity index (χ4n) is 2.85. The number of aromatic nitrogens is 4. The Morgan fingerprint density at radius 1 is 1.19 bits per heavy atom. The van der Waals surface area contributed by atoms with Gasteiger partial charge in [-0.3, -0.25) is 0 Å². The Hall–Kier alpha value is -3.19. The molecule has 0 saturated heterocycles. The van der Waals surface area contributed by atoms with Crippen LogP contribution in [-0.2, 0) is 0 Å². The summed E-state index contributed by atoms with van der Waals surface area (Å²) in [6.07, 6.45) is 3.06. The molecule has 0 amide bonds. The molecule has 0 aliphatic carbocycles. The van der Waals surface area contributed by atoms with Crippen LogP contribution >= 0.6 is 11.6 Å². The van der Waals surface area contributed by atoms with Crippen LogP contribution in [0.3, 0.4) is 0 Å². The summed E-state index contributed by atoms with van der Waals surface area (Å²) in [5.74, 6) is 0.960. The van der Waals surface area contributed by atoms with Gasteiger partial charge in [0.15, 0.2) is 5.76 Å². The third-order valence-electron chi connectivity index (χ3n) is 4.02. The van der Waals surface area contributed by atoms with Gasteiger partial charge < -0.3 is 14.9 Å². The van der Waals surface area contributed by atoms with Gasteiger partial charge in [-0.15, -0.1) is 0 Å². The molecule has 4 aromatic rings. The van der Waals surface area contributed by atoms with Crippen molar-refractivity contribution in [1.29, 1.82) is 0 Å². The second kappa shape index (κ2) is 6.27. The number of anilines is 1. The first-order valence-corrected chi connectivity index (χ1v) is 8.13. The van der Waals surface area contributed by atoms with E-state index in [0.717, 1.165) is 16.6 Å². The number of hydrogen-bond donors (Lipinski definition) is 1. The van der Waals surface area contributed by atoms with E-state index in [4.69, 9.17) is 26.5 Å². The molecule has 0 saturated carbocycles. The highest BCUT2D eigenvalue weighted by atomic mass is 35.5. The topological polar surface area (TPSA) is 100.0 Å². The van der Waals surface area contributed by atoms with Crippen LogP contribution < -0.4 is 10.5 Å². The van der Waals surface area contributed by atoms with Gasteiger partial charge in [0.2, 0.25) is 11.8 Å². The quantitative estimate of drug-likeness (QED) is 0.586.